The summed E-state index contributed by atoms with van der Waals surface area (Å²) in [6.07, 6.45) is 5.67. The lowest BCUT2D eigenvalue weighted by Crippen LogP contribution is -2.07. The van der Waals surface area contributed by atoms with Crippen LogP contribution in [-0.2, 0) is 16.3 Å². The van der Waals surface area contributed by atoms with E-state index in [2.05, 4.69) is 15.2 Å². The molecule has 0 spiro atoms. The molecule has 0 unspecified atom stereocenters. The fourth-order valence-corrected chi connectivity index (χ4v) is 5.15. The molecule has 2 aromatic heterocycles. The lowest BCUT2D eigenvalue weighted by atomic mass is 10.0. The molecule has 34 heavy (non-hydrogen) atoms. The zero-order chi connectivity index (χ0) is 24.1. The van der Waals surface area contributed by atoms with Gasteiger partial charge in [0, 0.05) is 28.6 Å². The second kappa shape index (κ2) is 10.4. The number of nitrogens with one attached hydrogen (secondary N) is 1. The van der Waals surface area contributed by atoms with Crippen LogP contribution in [-0.4, -0.2) is 36.0 Å². The Morgan fingerprint density at radius 2 is 1.88 bits per heavy atom. The summed E-state index contributed by atoms with van der Waals surface area (Å²) in [6, 6.07) is 12.9. The predicted octanol–water partition coefficient (Wildman–Crippen LogP) is 5.44. The standard InChI is InChI=1S/C25H24ClN3O4S/c1-2-3-12-33-23-11-7-20(26)14-24(23)34(31,32)21-8-4-17(5-9-21)6-10-22(30)18-13-19-16-28-29-25(19)27-15-18/h4-5,7-9,11,13-16H,2-3,6,10,12H2,1H3,(H,27,28,29). The van der Waals surface area contributed by atoms with Crippen LogP contribution in [0.2, 0.25) is 5.02 Å². The molecule has 0 radical (unpaired) electrons. The molecule has 0 aliphatic heterocycles. The zero-order valence-electron chi connectivity index (χ0n) is 18.6. The lowest BCUT2D eigenvalue weighted by molar-refractivity contribution is 0.0982. The normalized spacial score (nSPS) is 11.6. The minimum Gasteiger partial charge on any atom is -0.492 e. The molecule has 176 valence electrons. The highest BCUT2D eigenvalue weighted by Crippen LogP contribution is 2.32. The predicted molar refractivity (Wildman–Crippen MR) is 130 cm³/mol. The van der Waals surface area contributed by atoms with Gasteiger partial charge >= 0.3 is 0 Å². The van der Waals surface area contributed by atoms with Gasteiger partial charge in [-0.2, -0.15) is 5.10 Å². The Kier molecular flexibility index (Phi) is 7.29. The first-order valence-electron chi connectivity index (χ1n) is 11.0. The third-order valence-electron chi connectivity index (χ3n) is 5.44. The van der Waals surface area contributed by atoms with Gasteiger partial charge in [-0.05, 0) is 54.8 Å². The number of ether oxygens (including phenoxy) is 1. The van der Waals surface area contributed by atoms with E-state index in [1.165, 1.54) is 12.3 Å². The topological polar surface area (TPSA) is 102 Å². The van der Waals surface area contributed by atoms with E-state index in [0.717, 1.165) is 23.8 Å². The largest absolute Gasteiger partial charge is 0.492 e. The van der Waals surface area contributed by atoms with Gasteiger partial charge in [-0.15, -0.1) is 0 Å². The van der Waals surface area contributed by atoms with Crippen LogP contribution in [0.3, 0.4) is 0 Å². The van der Waals surface area contributed by atoms with E-state index in [0.29, 0.717) is 29.3 Å². The highest BCUT2D eigenvalue weighted by Gasteiger charge is 2.23. The number of aryl methyl sites for hydroxylation is 1. The van der Waals surface area contributed by atoms with E-state index in [1.807, 2.05) is 6.92 Å². The maximum absolute atomic E-state index is 13.3. The van der Waals surface area contributed by atoms with Crippen molar-refractivity contribution in [2.75, 3.05) is 6.61 Å². The lowest BCUT2D eigenvalue weighted by Gasteiger charge is -2.13. The number of aromatic amines is 1. The smallest absolute Gasteiger partial charge is 0.210 e. The summed E-state index contributed by atoms with van der Waals surface area (Å²) in [4.78, 5) is 17.0. The van der Waals surface area contributed by atoms with Gasteiger partial charge < -0.3 is 4.74 Å². The number of H-pyrrole nitrogens is 1. The van der Waals surface area contributed by atoms with Gasteiger partial charge in [-0.1, -0.05) is 37.1 Å². The van der Waals surface area contributed by atoms with Crippen molar-refractivity contribution < 1.29 is 17.9 Å². The molecule has 0 atom stereocenters. The third-order valence-corrected chi connectivity index (χ3v) is 7.46. The van der Waals surface area contributed by atoms with E-state index in [-0.39, 0.29) is 27.7 Å². The highest BCUT2D eigenvalue weighted by atomic mass is 35.5. The molecule has 0 aliphatic carbocycles. The number of sulfone groups is 1. The number of ketones is 1. The van der Waals surface area contributed by atoms with Gasteiger partial charge in [0.1, 0.15) is 10.6 Å². The number of nitrogens with zero attached hydrogens (tertiary/aromatic N) is 2. The Morgan fingerprint density at radius 3 is 2.65 bits per heavy atom. The Hall–Kier alpha value is -3.23. The van der Waals surface area contributed by atoms with Crippen molar-refractivity contribution in [3.8, 4) is 5.75 Å². The number of pyridine rings is 1. The van der Waals surface area contributed by atoms with E-state index in [1.54, 1.807) is 48.7 Å². The van der Waals surface area contributed by atoms with Crippen LogP contribution in [0, 0.1) is 0 Å². The Bertz CT molecular complexity index is 1420. The summed E-state index contributed by atoms with van der Waals surface area (Å²) in [5.41, 5.74) is 2.01. The summed E-state index contributed by atoms with van der Waals surface area (Å²) >= 11 is 6.08. The van der Waals surface area contributed by atoms with E-state index in [4.69, 9.17) is 16.3 Å². The number of fused-ring (bicyclic) bond motifs is 1. The maximum atomic E-state index is 13.3. The van der Waals surface area contributed by atoms with Crippen LogP contribution in [0.25, 0.3) is 11.0 Å². The number of halogens is 1. The van der Waals surface area contributed by atoms with E-state index >= 15 is 0 Å². The van der Waals surface area contributed by atoms with Crippen molar-refractivity contribution in [3.63, 3.8) is 0 Å². The second-order valence-corrected chi connectivity index (χ2v) is 10.3. The monoisotopic (exact) mass is 497 g/mol. The average molecular weight is 498 g/mol. The third kappa shape index (κ3) is 5.29. The minimum atomic E-state index is -3.83. The van der Waals surface area contributed by atoms with Gasteiger partial charge in [0.2, 0.25) is 9.84 Å². The zero-order valence-corrected chi connectivity index (χ0v) is 20.2. The minimum absolute atomic E-state index is 0.0416. The van der Waals surface area contributed by atoms with Crippen molar-refractivity contribution >= 4 is 38.3 Å². The van der Waals surface area contributed by atoms with Gasteiger partial charge in [0.25, 0.3) is 0 Å². The average Bonchev–Trinajstić information content (AvgIpc) is 3.32. The van der Waals surface area contributed by atoms with E-state index in [9.17, 15) is 13.2 Å². The molecule has 0 bridgehead atoms. The summed E-state index contributed by atoms with van der Waals surface area (Å²) in [5, 5.41) is 7.76. The molecular weight excluding hydrogens is 474 g/mol. The molecule has 0 fully saturated rings. The van der Waals surface area contributed by atoms with Crippen LogP contribution in [0.5, 0.6) is 5.75 Å². The van der Waals surface area contributed by atoms with Crippen LogP contribution in [0.4, 0.5) is 0 Å². The number of hydrogen-bond donors (Lipinski definition) is 1. The molecule has 2 heterocycles. The summed E-state index contributed by atoms with van der Waals surface area (Å²) in [6.45, 7) is 2.46. The maximum Gasteiger partial charge on any atom is 0.210 e. The Labute approximate surface area is 203 Å². The molecule has 2 aromatic carbocycles. The molecule has 7 nitrogen and oxygen atoms in total. The first-order chi connectivity index (χ1) is 16.4. The van der Waals surface area contributed by atoms with Crippen molar-refractivity contribution in [3.05, 3.63) is 77.1 Å². The van der Waals surface area contributed by atoms with Crippen molar-refractivity contribution in [1.82, 2.24) is 15.2 Å². The van der Waals surface area contributed by atoms with Gasteiger partial charge in [-0.3, -0.25) is 9.89 Å². The van der Waals surface area contributed by atoms with Crippen molar-refractivity contribution in [2.24, 2.45) is 0 Å². The number of Topliss-reactive ketones (excluding diaryl/α,β-unsaturated/α-hetero) is 1. The molecule has 0 amide bonds. The quantitative estimate of drug-likeness (QED) is 0.231. The molecular formula is C25H24ClN3O4S. The molecule has 4 rings (SSSR count). The van der Waals surface area contributed by atoms with Crippen LogP contribution < -0.4 is 4.74 Å². The summed E-state index contributed by atoms with van der Waals surface area (Å²) in [5.74, 6) is 0.246. The number of benzene rings is 2. The highest BCUT2D eigenvalue weighted by molar-refractivity contribution is 7.91. The van der Waals surface area contributed by atoms with Crippen LogP contribution in [0.1, 0.15) is 42.1 Å². The van der Waals surface area contributed by atoms with Crippen LogP contribution >= 0.6 is 11.6 Å². The number of aromatic nitrogens is 3. The molecule has 0 saturated carbocycles. The SMILES string of the molecule is CCCCOc1ccc(Cl)cc1S(=O)(=O)c1ccc(CCC(=O)c2cnc3[nH]ncc3c2)cc1. The molecule has 1 N–H and O–H groups in total. The fraction of sp³-hybridized carbons (Fsp3) is 0.240. The number of carbonyl (C=O) groups excluding carboxylic acids is 1. The fourth-order valence-electron chi connectivity index (χ4n) is 3.49. The second-order valence-electron chi connectivity index (χ2n) is 7.90. The number of rotatable bonds is 10. The molecule has 4 aromatic rings. The summed E-state index contributed by atoms with van der Waals surface area (Å²) in [7, 11) is -3.83. The van der Waals surface area contributed by atoms with Crippen molar-refractivity contribution in [2.45, 2.75) is 42.4 Å². The number of carbonyl (C=O) groups is 1. The van der Waals surface area contributed by atoms with Crippen LogP contribution in [0.15, 0.2) is 70.7 Å². The van der Waals surface area contributed by atoms with Gasteiger partial charge in [0.05, 0.1) is 17.7 Å². The molecule has 0 aliphatic rings. The Balaban J connectivity index is 1.47. The first kappa shape index (κ1) is 23.9. The van der Waals surface area contributed by atoms with Gasteiger partial charge in [0.15, 0.2) is 11.4 Å². The molecule has 0 saturated heterocycles. The van der Waals surface area contributed by atoms with Crippen molar-refractivity contribution in [1.29, 1.82) is 0 Å². The summed E-state index contributed by atoms with van der Waals surface area (Å²) < 4.78 is 32.3. The first-order valence-corrected chi connectivity index (χ1v) is 12.8. The van der Waals surface area contributed by atoms with E-state index < -0.39 is 9.84 Å². The van der Waals surface area contributed by atoms with Gasteiger partial charge in [-0.25, -0.2) is 13.4 Å². The molecule has 9 heteroatoms. The Morgan fingerprint density at radius 1 is 1.09 bits per heavy atom. The number of hydrogen-bond acceptors (Lipinski definition) is 6. The number of unbranched alkanes of at least 4 members (excludes halogenated alkanes) is 1.